The maximum Gasteiger partial charge on any atom is 0.227 e. The van der Waals surface area contributed by atoms with Crippen LogP contribution in [0, 0.1) is 0 Å². The summed E-state index contributed by atoms with van der Waals surface area (Å²) in [5.74, 6) is -0.0383. The number of aromatic nitrogens is 1. The van der Waals surface area contributed by atoms with Gasteiger partial charge in [0, 0.05) is 61.8 Å². The van der Waals surface area contributed by atoms with E-state index >= 15 is 0 Å². The van der Waals surface area contributed by atoms with Crippen molar-refractivity contribution in [2.24, 2.45) is 0 Å². The Morgan fingerprint density at radius 2 is 1.93 bits per heavy atom. The molecule has 6 nitrogen and oxygen atoms in total. The number of morpholine rings is 1. The summed E-state index contributed by atoms with van der Waals surface area (Å²) in [5, 5.41) is 0. The molecule has 1 aromatic carbocycles. The minimum atomic E-state index is -0.0430. The number of rotatable bonds is 5. The molecule has 0 N–H and O–H groups in total. The Hall–Kier alpha value is -2.73. The number of hydrogen-bond acceptors (Lipinski definition) is 5. The predicted molar refractivity (Wildman–Crippen MR) is 103 cm³/mol. The molecule has 3 heterocycles. The summed E-state index contributed by atoms with van der Waals surface area (Å²) in [5.41, 5.74) is 3.93. The normalized spacial score (nSPS) is 16.3. The fraction of sp³-hybridized carbons (Fsp3) is 0.381. The smallest absolute Gasteiger partial charge is 0.227 e. The van der Waals surface area contributed by atoms with Gasteiger partial charge >= 0.3 is 0 Å². The van der Waals surface area contributed by atoms with Crippen LogP contribution in [0.3, 0.4) is 0 Å². The van der Waals surface area contributed by atoms with Crippen LogP contribution in [0.1, 0.15) is 28.8 Å². The first kappa shape index (κ1) is 17.7. The molecule has 0 radical (unpaired) electrons. The number of ketones is 1. The summed E-state index contributed by atoms with van der Waals surface area (Å²) in [6.07, 6.45) is 4.47. The molecule has 0 unspecified atom stereocenters. The molecule has 2 aromatic rings. The summed E-state index contributed by atoms with van der Waals surface area (Å²) in [4.78, 5) is 33.0. The van der Waals surface area contributed by atoms with Crippen LogP contribution in [0.5, 0.6) is 0 Å². The van der Waals surface area contributed by atoms with Crippen LogP contribution < -0.4 is 9.80 Å². The molecule has 27 heavy (non-hydrogen) atoms. The Labute approximate surface area is 158 Å². The molecule has 0 saturated carbocycles. The zero-order chi connectivity index (χ0) is 18.6. The SMILES string of the molecule is O=C(CCC(=O)N1CCc2cc(N3CCOCC3)ccc21)c1cccnc1. The van der Waals surface area contributed by atoms with Crippen molar-refractivity contribution in [2.45, 2.75) is 19.3 Å². The van der Waals surface area contributed by atoms with E-state index in [0.29, 0.717) is 12.1 Å². The van der Waals surface area contributed by atoms with Crippen LogP contribution in [0.15, 0.2) is 42.7 Å². The molecule has 2 aliphatic rings. The molecular weight excluding hydrogens is 342 g/mol. The van der Waals surface area contributed by atoms with E-state index in [1.165, 1.54) is 11.3 Å². The molecule has 140 valence electrons. The lowest BCUT2D eigenvalue weighted by atomic mass is 10.1. The molecule has 1 saturated heterocycles. The van der Waals surface area contributed by atoms with Crippen LogP contribution in [-0.2, 0) is 16.0 Å². The number of anilines is 2. The van der Waals surface area contributed by atoms with E-state index in [1.54, 1.807) is 24.5 Å². The Morgan fingerprint density at radius 3 is 2.70 bits per heavy atom. The molecule has 1 amide bonds. The molecule has 6 heteroatoms. The zero-order valence-electron chi connectivity index (χ0n) is 15.3. The molecule has 0 spiro atoms. The minimum Gasteiger partial charge on any atom is -0.378 e. The highest BCUT2D eigenvalue weighted by Gasteiger charge is 2.26. The number of fused-ring (bicyclic) bond motifs is 1. The highest BCUT2D eigenvalue weighted by Crippen LogP contribution is 2.32. The number of pyridine rings is 1. The van der Waals surface area contributed by atoms with Gasteiger partial charge in [0.25, 0.3) is 0 Å². The molecule has 4 rings (SSSR count). The Balaban J connectivity index is 1.40. The van der Waals surface area contributed by atoms with Gasteiger partial charge in [-0.2, -0.15) is 0 Å². The van der Waals surface area contributed by atoms with E-state index in [9.17, 15) is 9.59 Å². The van der Waals surface area contributed by atoms with E-state index < -0.39 is 0 Å². The van der Waals surface area contributed by atoms with Crippen molar-refractivity contribution in [3.05, 3.63) is 53.9 Å². The number of carbonyl (C=O) groups excluding carboxylic acids is 2. The van der Waals surface area contributed by atoms with Crippen molar-refractivity contribution in [3.8, 4) is 0 Å². The van der Waals surface area contributed by atoms with Crippen LogP contribution in [0.25, 0.3) is 0 Å². The fourth-order valence-electron chi connectivity index (χ4n) is 3.69. The van der Waals surface area contributed by atoms with Gasteiger partial charge in [-0.05, 0) is 42.3 Å². The largest absolute Gasteiger partial charge is 0.378 e. The quantitative estimate of drug-likeness (QED) is 0.762. The second kappa shape index (κ2) is 7.88. The number of benzene rings is 1. The van der Waals surface area contributed by atoms with E-state index in [-0.39, 0.29) is 24.5 Å². The van der Waals surface area contributed by atoms with Gasteiger partial charge in [-0.1, -0.05) is 0 Å². The average Bonchev–Trinajstić information content (AvgIpc) is 3.16. The number of Topliss-reactive ketones (excluding diaryl/α,β-unsaturated/α-hetero) is 1. The summed E-state index contributed by atoms with van der Waals surface area (Å²) in [6.45, 7) is 4.00. The summed E-state index contributed by atoms with van der Waals surface area (Å²) in [6, 6.07) is 9.77. The van der Waals surface area contributed by atoms with E-state index in [4.69, 9.17) is 4.74 Å². The average molecular weight is 365 g/mol. The third kappa shape index (κ3) is 3.85. The third-order valence-corrected chi connectivity index (χ3v) is 5.19. The number of ether oxygens (including phenoxy) is 1. The zero-order valence-corrected chi connectivity index (χ0v) is 15.3. The third-order valence-electron chi connectivity index (χ3n) is 5.19. The Morgan fingerprint density at radius 1 is 1.07 bits per heavy atom. The Bertz CT molecular complexity index is 832. The van der Waals surface area contributed by atoms with Gasteiger partial charge < -0.3 is 14.5 Å². The van der Waals surface area contributed by atoms with Crippen molar-refractivity contribution in [1.29, 1.82) is 0 Å². The van der Waals surface area contributed by atoms with E-state index in [2.05, 4.69) is 22.0 Å². The highest BCUT2D eigenvalue weighted by atomic mass is 16.5. The first-order valence-electron chi connectivity index (χ1n) is 9.41. The maximum atomic E-state index is 12.7. The predicted octanol–water partition coefficient (Wildman–Crippen LogP) is 2.47. The lowest BCUT2D eigenvalue weighted by Crippen LogP contribution is -2.36. The van der Waals surface area contributed by atoms with Crippen molar-refractivity contribution >= 4 is 23.1 Å². The van der Waals surface area contributed by atoms with E-state index in [1.807, 2.05) is 11.0 Å². The van der Waals surface area contributed by atoms with Crippen molar-refractivity contribution in [3.63, 3.8) is 0 Å². The molecule has 1 aromatic heterocycles. The summed E-state index contributed by atoms with van der Waals surface area (Å²) in [7, 11) is 0. The molecule has 0 bridgehead atoms. The van der Waals surface area contributed by atoms with Crippen molar-refractivity contribution in [2.75, 3.05) is 42.6 Å². The van der Waals surface area contributed by atoms with Crippen molar-refractivity contribution < 1.29 is 14.3 Å². The Kier molecular flexibility index (Phi) is 5.16. The van der Waals surface area contributed by atoms with Crippen LogP contribution in [-0.4, -0.2) is 49.5 Å². The lowest BCUT2D eigenvalue weighted by Gasteiger charge is -2.29. The second-order valence-corrected chi connectivity index (χ2v) is 6.87. The lowest BCUT2D eigenvalue weighted by molar-refractivity contribution is -0.118. The number of hydrogen-bond donors (Lipinski definition) is 0. The monoisotopic (exact) mass is 365 g/mol. The summed E-state index contributed by atoms with van der Waals surface area (Å²) < 4.78 is 5.41. The summed E-state index contributed by atoms with van der Waals surface area (Å²) >= 11 is 0. The standard InChI is InChI=1S/C21H23N3O3/c25-20(17-2-1-8-22-15-17)5-6-21(26)24-9-7-16-14-18(3-4-19(16)24)23-10-12-27-13-11-23/h1-4,8,14-15H,5-7,9-13H2. The molecule has 2 aliphatic heterocycles. The topological polar surface area (TPSA) is 62.7 Å². The fourth-order valence-corrected chi connectivity index (χ4v) is 3.69. The van der Waals surface area contributed by atoms with Gasteiger partial charge in [-0.25, -0.2) is 0 Å². The number of amides is 1. The van der Waals surface area contributed by atoms with Gasteiger partial charge in [0.2, 0.25) is 5.91 Å². The highest BCUT2D eigenvalue weighted by molar-refractivity contribution is 6.01. The first-order valence-corrected chi connectivity index (χ1v) is 9.41. The van der Waals surface area contributed by atoms with Gasteiger partial charge in [0.15, 0.2) is 5.78 Å². The van der Waals surface area contributed by atoms with Crippen LogP contribution in [0.2, 0.25) is 0 Å². The van der Waals surface area contributed by atoms with Gasteiger partial charge in [-0.15, -0.1) is 0 Å². The van der Waals surface area contributed by atoms with Gasteiger partial charge in [0.1, 0.15) is 0 Å². The molecule has 0 atom stereocenters. The second-order valence-electron chi connectivity index (χ2n) is 6.87. The maximum absolute atomic E-state index is 12.7. The van der Waals surface area contributed by atoms with E-state index in [0.717, 1.165) is 38.4 Å². The number of carbonyl (C=O) groups is 2. The van der Waals surface area contributed by atoms with Gasteiger partial charge in [0.05, 0.1) is 13.2 Å². The van der Waals surface area contributed by atoms with Gasteiger partial charge in [-0.3, -0.25) is 14.6 Å². The minimum absolute atomic E-state index is 0.00473. The molecule has 1 fully saturated rings. The number of nitrogens with zero attached hydrogens (tertiary/aromatic N) is 3. The molecular formula is C21H23N3O3. The van der Waals surface area contributed by atoms with Crippen LogP contribution >= 0.6 is 0 Å². The molecule has 0 aliphatic carbocycles. The van der Waals surface area contributed by atoms with Crippen molar-refractivity contribution in [1.82, 2.24) is 4.98 Å². The first-order chi connectivity index (χ1) is 13.2. The van der Waals surface area contributed by atoms with Crippen LogP contribution in [0.4, 0.5) is 11.4 Å².